The first-order valence-electron chi connectivity index (χ1n) is 17.0. The zero-order chi connectivity index (χ0) is 36.6. The zero-order valence-corrected chi connectivity index (χ0v) is 29.2. The van der Waals surface area contributed by atoms with Crippen LogP contribution in [0.15, 0.2) is 97.6 Å². The molecule has 1 aliphatic rings. The minimum absolute atomic E-state index is 0.0194. The summed E-state index contributed by atoms with van der Waals surface area (Å²) in [5.41, 5.74) is 4.52. The third-order valence-electron chi connectivity index (χ3n) is 8.33. The minimum atomic E-state index is -0.860. The number of carbonyl (C=O) groups excluding carboxylic acids is 4. The molecule has 4 rings (SSSR count). The fourth-order valence-corrected chi connectivity index (χ4v) is 5.35. The summed E-state index contributed by atoms with van der Waals surface area (Å²) in [6, 6.07) is 22.3. The van der Waals surface area contributed by atoms with Gasteiger partial charge in [0.05, 0.1) is 13.2 Å². The van der Waals surface area contributed by atoms with Crippen molar-refractivity contribution in [3.8, 4) is 5.75 Å². The van der Waals surface area contributed by atoms with Crippen molar-refractivity contribution >= 4 is 35.5 Å². The maximum Gasteiger partial charge on any atom is 0.412 e. The Labute approximate surface area is 299 Å². The topological polar surface area (TPSA) is 138 Å². The smallest absolute Gasteiger partial charge is 0.412 e. The van der Waals surface area contributed by atoms with Crippen LogP contribution in [0.1, 0.15) is 49.3 Å². The molecule has 1 atom stereocenters. The average Bonchev–Trinajstić information content (AvgIpc) is 3.13. The standard InChI is InChI=1S/C40H46N2O9/c1-5-37(43)48-23-31-8-10-32(11-9-31)24-50-39(45)41-33-16-12-29(13-17-33)22-30-14-18-34(19-15-30)42-40(46)51-36(26-49-38(44)27(2)3)25-47-35-20-6-28(4)7-21-35/h5-7,12-21,31-32,36H,1-2,8-11,22-26H2,3-4H3,(H,41,45)(H,42,46). The van der Waals surface area contributed by atoms with Crippen LogP contribution in [0.2, 0.25) is 0 Å². The van der Waals surface area contributed by atoms with Crippen molar-refractivity contribution in [1.29, 1.82) is 0 Å². The fourth-order valence-electron chi connectivity index (χ4n) is 5.35. The first-order valence-corrected chi connectivity index (χ1v) is 17.0. The summed E-state index contributed by atoms with van der Waals surface area (Å²) < 4.78 is 27.1. The number of aryl methyl sites for hydroxylation is 1. The minimum Gasteiger partial charge on any atom is -0.490 e. The number of hydrogen-bond donors (Lipinski definition) is 2. The highest BCUT2D eigenvalue weighted by Crippen LogP contribution is 2.29. The lowest BCUT2D eigenvalue weighted by Gasteiger charge is -2.27. The second kappa shape index (κ2) is 19.6. The molecule has 270 valence electrons. The third-order valence-corrected chi connectivity index (χ3v) is 8.33. The average molecular weight is 699 g/mol. The van der Waals surface area contributed by atoms with E-state index in [-0.39, 0.29) is 24.7 Å². The lowest BCUT2D eigenvalue weighted by atomic mass is 9.83. The summed E-state index contributed by atoms with van der Waals surface area (Å²) in [5.74, 6) is 0.228. The highest BCUT2D eigenvalue weighted by molar-refractivity contribution is 5.87. The maximum atomic E-state index is 12.7. The van der Waals surface area contributed by atoms with Crippen LogP contribution in [0.25, 0.3) is 0 Å². The Morgan fingerprint density at radius 3 is 1.80 bits per heavy atom. The summed E-state index contributed by atoms with van der Waals surface area (Å²) in [7, 11) is 0. The summed E-state index contributed by atoms with van der Waals surface area (Å²) >= 11 is 0. The molecule has 2 N–H and O–H groups in total. The lowest BCUT2D eigenvalue weighted by Crippen LogP contribution is -2.32. The molecule has 0 radical (unpaired) electrons. The van der Waals surface area contributed by atoms with E-state index in [0.29, 0.717) is 42.7 Å². The highest BCUT2D eigenvalue weighted by atomic mass is 16.6. The van der Waals surface area contributed by atoms with Crippen molar-refractivity contribution in [2.45, 2.75) is 52.1 Å². The molecule has 1 aliphatic carbocycles. The molecule has 0 aliphatic heterocycles. The molecule has 11 nitrogen and oxygen atoms in total. The van der Waals surface area contributed by atoms with Crippen molar-refractivity contribution < 1.29 is 42.9 Å². The summed E-state index contributed by atoms with van der Waals surface area (Å²) in [6.45, 7) is 11.0. The van der Waals surface area contributed by atoms with Gasteiger partial charge in [0.15, 0.2) is 6.10 Å². The van der Waals surface area contributed by atoms with E-state index in [0.717, 1.165) is 42.4 Å². The van der Waals surface area contributed by atoms with E-state index >= 15 is 0 Å². The van der Waals surface area contributed by atoms with Gasteiger partial charge in [-0.1, -0.05) is 55.1 Å². The predicted molar refractivity (Wildman–Crippen MR) is 194 cm³/mol. The second-order valence-electron chi connectivity index (χ2n) is 12.7. The molecular formula is C40H46N2O9. The molecule has 11 heteroatoms. The molecule has 0 heterocycles. The Balaban J connectivity index is 1.18. The SMILES string of the molecule is C=CC(=O)OCC1CCC(COC(=O)Nc2ccc(Cc3ccc(NC(=O)OC(COC(=O)C(=C)C)COc4ccc(C)cc4)cc3)cc2)CC1. The lowest BCUT2D eigenvalue weighted by molar-refractivity contribution is -0.142. The van der Waals surface area contributed by atoms with E-state index in [1.165, 1.54) is 13.0 Å². The Hall–Kier alpha value is -5.58. The molecule has 1 saturated carbocycles. The van der Waals surface area contributed by atoms with Crippen molar-refractivity contribution in [2.24, 2.45) is 11.8 Å². The largest absolute Gasteiger partial charge is 0.490 e. The first kappa shape index (κ1) is 38.2. The molecule has 3 aromatic rings. The Bertz CT molecular complexity index is 1630. The summed E-state index contributed by atoms with van der Waals surface area (Å²) in [4.78, 5) is 48.3. The van der Waals surface area contributed by atoms with Gasteiger partial charge in [-0.2, -0.15) is 0 Å². The first-order chi connectivity index (χ1) is 24.6. The van der Waals surface area contributed by atoms with Crippen LogP contribution in [-0.2, 0) is 35.0 Å². The number of ether oxygens (including phenoxy) is 5. The number of benzene rings is 3. The van der Waals surface area contributed by atoms with Gasteiger partial charge in [-0.25, -0.2) is 19.2 Å². The maximum absolute atomic E-state index is 12.7. The number of esters is 2. The number of rotatable bonds is 16. The molecular weight excluding hydrogens is 652 g/mol. The van der Waals surface area contributed by atoms with Crippen LogP contribution >= 0.6 is 0 Å². The molecule has 0 saturated heterocycles. The Kier molecular flexibility index (Phi) is 14.7. The number of anilines is 2. The molecule has 0 aromatic heterocycles. The molecule has 0 bridgehead atoms. The van der Waals surface area contributed by atoms with Gasteiger partial charge in [0, 0.05) is 23.0 Å². The highest BCUT2D eigenvalue weighted by Gasteiger charge is 2.23. The molecule has 0 spiro atoms. The summed E-state index contributed by atoms with van der Waals surface area (Å²) in [6.07, 6.45) is 3.42. The van der Waals surface area contributed by atoms with Crippen LogP contribution < -0.4 is 15.4 Å². The van der Waals surface area contributed by atoms with Gasteiger partial charge in [-0.3, -0.25) is 10.6 Å². The fraction of sp³-hybridized carbons (Fsp3) is 0.350. The second-order valence-corrected chi connectivity index (χ2v) is 12.7. The van der Waals surface area contributed by atoms with Crippen molar-refractivity contribution in [2.75, 3.05) is 37.1 Å². The van der Waals surface area contributed by atoms with Gasteiger partial charge in [0.25, 0.3) is 0 Å². The Morgan fingerprint density at radius 1 is 0.745 bits per heavy atom. The van der Waals surface area contributed by atoms with Crippen LogP contribution in [0, 0.1) is 18.8 Å². The monoisotopic (exact) mass is 698 g/mol. The van der Waals surface area contributed by atoms with Crippen LogP contribution in [-0.4, -0.2) is 56.7 Å². The number of amides is 2. The van der Waals surface area contributed by atoms with E-state index in [9.17, 15) is 19.2 Å². The van der Waals surface area contributed by atoms with E-state index in [4.69, 9.17) is 23.7 Å². The van der Waals surface area contributed by atoms with Gasteiger partial charge in [-0.15, -0.1) is 0 Å². The van der Waals surface area contributed by atoms with Crippen molar-refractivity contribution in [3.05, 3.63) is 114 Å². The van der Waals surface area contributed by atoms with Crippen LogP contribution in [0.4, 0.5) is 21.0 Å². The van der Waals surface area contributed by atoms with Crippen molar-refractivity contribution in [3.63, 3.8) is 0 Å². The van der Waals surface area contributed by atoms with Crippen molar-refractivity contribution in [1.82, 2.24) is 0 Å². The number of hydrogen-bond acceptors (Lipinski definition) is 9. The van der Waals surface area contributed by atoms with E-state index in [1.54, 1.807) is 24.3 Å². The Morgan fingerprint density at radius 2 is 1.27 bits per heavy atom. The van der Waals surface area contributed by atoms with E-state index in [1.807, 2.05) is 55.5 Å². The molecule has 1 unspecified atom stereocenters. The van der Waals surface area contributed by atoms with E-state index < -0.39 is 30.2 Å². The van der Waals surface area contributed by atoms with Gasteiger partial charge in [-0.05, 0) is 105 Å². The zero-order valence-electron chi connectivity index (χ0n) is 29.2. The summed E-state index contributed by atoms with van der Waals surface area (Å²) in [5, 5.41) is 5.48. The molecule has 51 heavy (non-hydrogen) atoms. The third kappa shape index (κ3) is 13.7. The van der Waals surface area contributed by atoms with Gasteiger partial charge in [0.2, 0.25) is 0 Å². The van der Waals surface area contributed by atoms with Crippen LogP contribution in [0.5, 0.6) is 5.75 Å². The molecule has 1 fully saturated rings. The van der Waals surface area contributed by atoms with Crippen LogP contribution in [0.3, 0.4) is 0 Å². The van der Waals surface area contributed by atoms with Gasteiger partial charge in [0.1, 0.15) is 19.0 Å². The number of carbonyl (C=O) groups is 4. The molecule has 2 amide bonds. The van der Waals surface area contributed by atoms with Gasteiger partial charge >= 0.3 is 24.1 Å². The van der Waals surface area contributed by atoms with E-state index in [2.05, 4.69) is 23.8 Å². The number of nitrogens with one attached hydrogen (secondary N) is 2. The normalized spacial score (nSPS) is 15.7. The van der Waals surface area contributed by atoms with Gasteiger partial charge < -0.3 is 23.7 Å². The molecule has 3 aromatic carbocycles. The predicted octanol–water partition coefficient (Wildman–Crippen LogP) is 7.79. The quantitative estimate of drug-likeness (QED) is 0.0872.